The number of aromatic nitrogens is 2. The van der Waals surface area contributed by atoms with Crippen molar-refractivity contribution in [1.29, 1.82) is 0 Å². The molecule has 1 aromatic carbocycles. The van der Waals surface area contributed by atoms with E-state index in [9.17, 15) is 17.6 Å². The Morgan fingerprint density at radius 2 is 1.90 bits per heavy atom. The second-order valence-electron chi connectivity index (χ2n) is 7.37. The lowest BCUT2D eigenvalue weighted by Gasteiger charge is -2.21. The van der Waals surface area contributed by atoms with Crippen LogP contribution in [0.5, 0.6) is 0 Å². The molecule has 0 aliphatic rings. The van der Waals surface area contributed by atoms with E-state index in [-0.39, 0.29) is 11.8 Å². The van der Waals surface area contributed by atoms with Gasteiger partial charge in [-0.2, -0.15) is 9.71 Å². The lowest BCUT2D eigenvalue weighted by molar-refractivity contribution is -0.123. The van der Waals surface area contributed by atoms with Gasteiger partial charge in [0, 0.05) is 18.9 Å². The SMILES string of the molecule is CC(C)c1noc(CCCNC(=O)[C@@H](NS(=O)(=O)c2ccccc2F)C(C)C)n1. The molecule has 1 aromatic heterocycles. The van der Waals surface area contributed by atoms with Crippen molar-refractivity contribution >= 4 is 15.9 Å². The van der Waals surface area contributed by atoms with Crippen molar-refractivity contribution < 1.29 is 22.1 Å². The summed E-state index contributed by atoms with van der Waals surface area (Å²) in [5.41, 5.74) is 0. The number of carbonyl (C=O) groups is 1. The maximum Gasteiger partial charge on any atom is 0.244 e. The molecule has 0 spiro atoms. The number of amides is 1. The van der Waals surface area contributed by atoms with Gasteiger partial charge in [-0.25, -0.2) is 12.8 Å². The molecule has 2 aromatic rings. The molecule has 0 aliphatic carbocycles. The minimum absolute atomic E-state index is 0.168. The Kier molecular flexibility index (Phi) is 7.86. The first kappa shape index (κ1) is 23.0. The number of benzene rings is 1. The first-order valence-electron chi connectivity index (χ1n) is 9.49. The second kappa shape index (κ2) is 9.93. The zero-order valence-corrected chi connectivity index (χ0v) is 17.8. The van der Waals surface area contributed by atoms with E-state index >= 15 is 0 Å². The Labute approximate surface area is 170 Å². The summed E-state index contributed by atoms with van der Waals surface area (Å²) in [5, 5.41) is 6.58. The molecule has 0 aliphatic heterocycles. The van der Waals surface area contributed by atoms with E-state index in [0.717, 1.165) is 12.1 Å². The highest BCUT2D eigenvalue weighted by Gasteiger charge is 2.29. The van der Waals surface area contributed by atoms with Crippen LogP contribution in [0.2, 0.25) is 0 Å². The van der Waals surface area contributed by atoms with Crippen LogP contribution in [-0.2, 0) is 21.2 Å². The van der Waals surface area contributed by atoms with Gasteiger partial charge in [0.1, 0.15) is 16.8 Å². The second-order valence-corrected chi connectivity index (χ2v) is 9.05. The van der Waals surface area contributed by atoms with Crippen LogP contribution in [0.15, 0.2) is 33.7 Å². The van der Waals surface area contributed by atoms with Gasteiger partial charge >= 0.3 is 0 Å². The van der Waals surface area contributed by atoms with Gasteiger partial charge in [-0.05, 0) is 24.5 Å². The van der Waals surface area contributed by atoms with E-state index < -0.39 is 32.7 Å². The zero-order chi connectivity index (χ0) is 21.6. The standard InChI is InChI=1S/C19H27FN4O4S/c1-12(2)17(24-29(26,27)15-9-6-5-8-14(15)20)19(25)21-11-7-10-16-22-18(13(3)4)23-28-16/h5-6,8-9,12-13,17,24H,7,10-11H2,1-4H3,(H,21,25)/t17-/m0/s1. The van der Waals surface area contributed by atoms with Gasteiger partial charge in [-0.1, -0.05) is 45.0 Å². The fourth-order valence-corrected chi connectivity index (χ4v) is 3.97. The number of hydrogen-bond acceptors (Lipinski definition) is 6. The van der Waals surface area contributed by atoms with E-state index in [2.05, 4.69) is 20.2 Å². The predicted molar refractivity (Wildman–Crippen MR) is 105 cm³/mol. The van der Waals surface area contributed by atoms with E-state index in [4.69, 9.17) is 4.52 Å². The summed E-state index contributed by atoms with van der Waals surface area (Å²) in [7, 11) is -4.18. The minimum atomic E-state index is -4.18. The van der Waals surface area contributed by atoms with Crippen LogP contribution >= 0.6 is 0 Å². The Hall–Kier alpha value is -2.33. The summed E-state index contributed by atoms with van der Waals surface area (Å²) in [6, 6.07) is 4.00. The number of sulfonamides is 1. The van der Waals surface area contributed by atoms with Crippen molar-refractivity contribution in [3.05, 3.63) is 41.8 Å². The molecule has 0 saturated carbocycles. The van der Waals surface area contributed by atoms with Crippen molar-refractivity contribution in [2.75, 3.05) is 6.54 Å². The maximum absolute atomic E-state index is 13.9. The monoisotopic (exact) mass is 426 g/mol. The third-order valence-corrected chi connectivity index (χ3v) is 5.70. The molecule has 1 amide bonds. The Balaban J connectivity index is 1.92. The number of aryl methyl sites for hydroxylation is 1. The Bertz CT molecular complexity index is 928. The van der Waals surface area contributed by atoms with Crippen molar-refractivity contribution in [2.45, 2.75) is 57.4 Å². The number of halogens is 1. The smallest absolute Gasteiger partial charge is 0.244 e. The van der Waals surface area contributed by atoms with Crippen LogP contribution in [0.3, 0.4) is 0 Å². The predicted octanol–water partition coefficient (Wildman–Crippen LogP) is 2.38. The molecule has 8 nitrogen and oxygen atoms in total. The number of nitrogens with zero attached hydrogens (tertiary/aromatic N) is 2. The fourth-order valence-electron chi connectivity index (χ4n) is 2.55. The molecule has 2 N–H and O–H groups in total. The molecule has 0 saturated heterocycles. The van der Waals surface area contributed by atoms with Gasteiger partial charge in [0.05, 0.1) is 0 Å². The van der Waals surface area contributed by atoms with E-state index in [0.29, 0.717) is 31.1 Å². The molecule has 0 bridgehead atoms. The first-order valence-corrected chi connectivity index (χ1v) is 11.0. The molecule has 29 heavy (non-hydrogen) atoms. The molecule has 1 heterocycles. The van der Waals surface area contributed by atoms with Crippen LogP contribution in [0, 0.1) is 11.7 Å². The number of rotatable bonds is 10. The highest BCUT2D eigenvalue weighted by Crippen LogP contribution is 2.15. The summed E-state index contributed by atoms with van der Waals surface area (Å²) in [6.45, 7) is 7.65. The van der Waals surface area contributed by atoms with E-state index in [1.807, 2.05) is 13.8 Å². The van der Waals surface area contributed by atoms with E-state index in [1.165, 1.54) is 12.1 Å². The van der Waals surface area contributed by atoms with Crippen molar-refractivity contribution in [1.82, 2.24) is 20.2 Å². The quantitative estimate of drug-likeness (QED) is 0.564. The highest BCUT2D eigenvalue weighted by atomic mass is 32.2. The summed E-state index contributed by atoms with van der Waals surface area (Å²) >= 11 is 0. The van der Waals surface area contributed by atoms with Gasteiger partial charge in [0.25, 0.3) is 0 Å². The van der Waals surface area contributed by atoms with Gasteiger partial charge < -0.3 is 9.84 Å². The largest absolute Gasteiger partial charge is 0.355 e. The topological polar surface area (TPSA) is 114 Å². The lowest BCUT2D eigenvalue weighted by Crippen LogP contribution is -2.49. The third-order valence-electron chi connectivity index (χ3n) is 4.22. The maximum atomic E-state index is 13.9. The van der Waals surface area contributed by atoms with Crippen LogP contribution in [0.4, 0.5) is 4.39 Å². The average molecular weight is 427 g/mol. The third kappa shape index (κ3) is 6.33. The molecule has 0 unspecified atom stereocenters. The summed E-state index contributed by atoms with van der Waals surface area (Å²) in [6.07, 6.45) is 1.05. The minimum Gasteiger partial charge on any atom is -0.355 e. The summed E-state index contributed by atoms with van der Waals surface area (Å²) in [4.78, 5) is 16.3. The van der Waals surface area contributed by atoms with Gasteiger partial charge in [-0.3, -0.25) is 4.79 Å². The van der Waals surface area contributed by atoms with Crippen LogP contribution < -0.4 is 10.0 Å². The highest BCUT2D eigenvalue weighted by molar-refractivity contribution is 7.89. The lowest BCUT2D eigenvalue weighted by atomic mass is 10.1. The molecular formula is C19H27FN4O4S. The first-order chi connectivity index (χ1) is 13.6. The van der Waals surface area contributed by atoms with Gasteiger partial charge in [-0.15, -0.1) is 0 Å². The van der Waals surface area contributed by atoms with Gasteiger partial charge in [0.2, 0.25) is 21.8 Å². The Morgan fingerprint density at radius 3 is 2.48 bits per heavy atom. The average Bonchev–Trinajstić information content (AvgIpc) is 3.12. The molecule has 0 radical (unpaired) electrons. The molecule has 10 heteroatoms. The summed E-state index contributed by atoms with van der Waals surface area (Å²) < 4.78 is 46.3. The van der Waals surface area contributed by atoms with E-state index in [1.54, 1.807) is 13.8 Å². The van der Waals surface area contributed by atoms with Crippen LogP contribution in [-0.4, -0.2) is 37.1 Å². The summed E-state index contributed by atoms with van der Waals surface area (Å²) in [5.74, 6) is -0.394. The van der Waals surface area contributed by atoms with Crippen LogP contribution in [0.25, 0.3) is 0 Å². The number of carbonyl (C=O) groups excluding carboxylic acids is 1. The fraction of sp³-hybridized carbons (Fsp3) is 0.526. The molecule has 2 rings (SSSR count). The van der Waals surface area contributed by atoms with Crippen molar-refractivity contribution in [3.8, 4) is 0 Å². The number of nitrogens with one attached hydrogen (secondary N) is 2. The molecular weight excluding hydrogens is 399 g/mol. The van der Waals surface area contributed by atoms with Crippen LogP contribution in [0.1, 0.15) is 51.7 Å². The molecule has 160 valence electrons. The zero-order valence-electron chi connectivity index (χ0n) is 17.0. The van der Waals surface area contributed by atoms with Gasteiger partial charge in [0.15, 0.2) is 5.82 Å². The Morgan fingerprint density at radius 1 is 1.21 bits per heavy atom. The molecule has 1 atom stereocenters. The van der Waals surface area contributed by atoms with Crippen molar-refractivity contribution in [3.63, 3.8) is 0 Å². The molecule has 0 fully saturated rings. The van der Waals surface area contributed by atoms with Crippen molar-refractivity contribution in [2.24, 2.45) is 5.92 Å². The number of hydrogen-bond donors (Lipinski definition) is 2. The normalized spacial score (nSPS) is 13.1.